The Labute approximate surface area is 138 Å². The summed E-state index contributed by atoms with van der Waals surface area (Å²) in [6.45, 7) is 8.04. The second-order valence-corrected chi connectivity index (χ2v) is 8.03. The van der Waals surface area contributed by atoms with E-state index in [4.69, 9.17) is 4.74 Å². The highest BCUT2D eigenvalue weighted by Crippen LogP contribution is 2.12. The Balaban J connectivity index is 2.37. The summed E-state index contributed by atoms with van der Waals surface area (Å²) in [6, 6.07) is 0. The van der Waals surface area contributed by atoms with Crippen molar-refractivity contribution in [1.29, 1.82) is 0 Å². The molecule has 0 aromatic rings. The molecular formula is C13H28N4O3S2. The number of hydrogen-bond acceptors (Lipinski definition) is 5. The van der Waals surface area contributed by atoms with Gasteiger partial charge in [0.15, 0.2) is 5.96 Å². The molecule has 0 saturated carbocycles. The molecule has 0 amide bonds. The van der Waals surface area contributed by atoms with E-state index in [1.807, 2.05) is 13.8 Å². The van der Waals surface area contributed by atoms with E-state index in [1.165, 1.54) is 0 Å². The second kappa shape index (κ2) is 11.1. The van der Waals surface area contributed by atoms with Gasteiger partial charge in [-0.05, 0) is 13.8 Å². The standard InChI is InChI=1S/C13H28N4O3S2/c1-3-14-13(15-5-9-20-4-2)16-6-12-22(18,19)17-7-10-21-11-8-17/h3-12H2,1-2H3,(H2,14,15,16). The van der Waals surface area contributed by atoms with Crippen LogP contribution in [0.25, 0.3) is 0 Å². The largest absolute Gasteiger partial charge is 0.380 e. The van der Waals surface area contributed by atoms with Crippen molar-refractivity contribution in [3.8, 4) is 0 Å². The fourth-order valence-electron chi connectivity index (χ4n) is 1.96. The lowest BCUT2D eigenvalue weighted by Crippen LogP contribution is -2.44. The van der Waals surface area contributed by atoms with Crippen LogP contribution in [0.15, 0.2) is 4.99 Å². The van der Waals surface area contributed by atoms with Gasteiger partial charge < -0.3 is 15.4 Å². The van der Waals surface area contributed by atoms with Crippen LogP contribution < -0.4 is 10.6 Å². The van der Waals surface area contributed by atoms with Gasteiger partial charge in [-0.1, -0.05) is 0 Å². The minimum Gasteiger partial charge on any atom is -0.380 e. The molecule has 7 nitrogen and oxygen atoms in total. The first kappa shape index (κ1) is 19.5. The normalized spacial score (nSPS) is 17.5. The van der Waals surface area contributed by atoms with Gasteiger partial charge in [-0.25, -0.2) is 12.7 Å². The monoisotopic (exact) mass is 352 g/mol. The maximum atomic E-state index is 12.2. The minimum absolute atomic E-state index is 0.0908. The van der Waals surface area contributed by atoms with Crippen molar-refractivity contribution in [1.82, 2.24) is 14.9 Å². The van der Waals surface area contributed by atoms with Crippen LogP contribution in [0.2, 0.25) is 0 Å². The van der Waals surface area contributed by atoms with E-state index in [9.17, 15) is 8.42 Å². The summed E-state index contributed by atoms with van der Waals surface area (Å²) < 4.78 is 31.3. The van der Waals surface area contributed by atoms with Crippen LogP contribution in [-0.4, -0.2) is 81.9 Å². The Bertz CT molecular complexity index is 423. The summed E-state index contributed by atoms with van der Waals surface area (Å²) in [4.78, 5) is 4.34. The van der Waals surface area contributed by atoms with E-state index in [2.05, 4.69) is 15.6 Å². The Kier molecular flexibility index (Phi) is 9.85. The van der Waals surface area contributed by atoms with E-state index in [1.54, 1.807) is 16.1 Å². The lowest BCUT2D eigenvalue weighted by atomic mass is 10.6. The number of rotatable bonds is 9. The van der Waals surface area contributed by atoms with Crippen molar-refractivity contribution >= 4 is 27.7 Å². The lowest BCUT2D eigenvalue weighted by molar-refractivity contribution is 0.155. The Morgan fingerprint density at radius 2 is 2.00 bits per heavy atom. The molecule has 1 fully saturated rings. The third-order valence-electron chi connectivity index (χ3n) is 3.07. The molecule has 130 valence electrons. The van der Waals surface area contributed by atoms with Crippen LogP contribution in [0.5, 0.6) is 0 Å². The van der Waals surface area contributed by atoms with Gasteiger partial charge in [0, 0.05) is 44.3 Å². The van der Waals surface area contributed by atoms with Gasteiger partial charge in [0.2, 0.25) is 10.0 Å². The predicted octanol–water partition coefficient (Wildman–Crippen LogP) is -0.0434. The third kappa shape index (κ3) is 7.66. The SMILES string of the molecule is CCNC(=NCCOCC)NCCS(=O)(=O)N1CCSCC1. The molecule has 9 heteroatoms. The van der Waals surface area contributed by atoms with Crippen molar-refractivity contribution in [3.63, 3.8) is 0 Å². The summed E-state index contributed by atoms with van der Waals surface area (Å²) >= 11 is 1.80. The van der Waals surface area contributed by atoms with Crippen molar-refractivity contribution in [2.75, 3.05) is 63.2 Å². The van der Waals surface area contributed by atoms with Crippen LogP contribution in [0.3, 0.4) is 0 Å². The lowest BCUT2D eigenvalue weighted by Gasteiger charge is -2.25. The molecule has 1 saturated heterocycles. The molecule has 0 aromatic carbocycles. The quantitative estimate of drug-likeness (QED) is 0.344. The molecule has 0 atom stereocenters. The van der Waals surface area contributed by atoms with Crippen LogP contribution in [-0.2, 0) is 14.8 Å². The zero-order valence-corrected chi connectivity index (χ0v) is 15.1. The van der Waals surface area contributed by atoms with Crippen LogP contribution in [0, 0.1) is 0 Å². The van der Waals surface area contributed by atoms with Crippen LogP contribution >= 0.6 is 11.8 Å². The molecule has 0 aromatic heterocycles. The summed E-state index contributed by atoms with van der Waals surface area (Å²) in [5, 5.41) is 6.16. The van der Waals surface area contributed by atoms with Crippen molar-refractivity contribution in [2.24, 2.45) is 4.99 Å². The number of nitrogens with zero attached hydrogens (tertiary/aromatic N) is 2. The topological polar surface area (TPSA) is 83.0 Å². The molecule has 0 bridgehead atoms. The number of nitrogens with one attached hydrogen (secondary N) is 2. The van der Waals surface area contributed by atoms with Crippen molar-refractivity contribution < 1.29 is 13.2 Å². The number of guanidine groups is 1. The molecule has 0 radical (unpaired) electrons. The maximum absolute atomic E-state index is 12.2. The first-order valence-electron chi connectivity index (χ1n) is 7.75. The Morgan fingerprint density at radius 1 is 1.27 bits per heavy atom. The van der Waals surface area contributed by atoms with Gasteiger partial charge in [-0.2, -0.15) is 11.8 Å². The van der Waals surface area contributed by atoms with Gasteiger partial charge in [0.25, 0.3) is 0 Å². The second-order valence-electron chi connectivity index (χ2n) is 4.71. The molecule has 0 spiro atoms. The van der Waals surface area contributed by atoms with Crippen molar-refractivity contribution in [3.05, 3.63) is 0 Å². The number of thioether (sulfide) groups is 1. The predicted molar refractivity (Wildman–Crippen MR) is 93.2 cm³/mol. The first-order valence-corrected chi connectivity index (χ1v) is 10.5. The molecule has 1 heterocycles. The average molecular weight is 353 g/mol. The number of sulfonamides is 1. The van der Waals surface area contributed by atoms with E-state index in [0.717, 1.165) is 18.1 Å². The fourth-order valence-corrected chi connectivity index (χ4v) is 4.45. The molecule has 1 rings (SSSR count). The molecular weight excluding hydrogens is 324 g/mol. The van der Waals surface area contributed by atoms with E-state index in [-0.39, 0.29) is 5.75 Å². The maximum Gasteiger partial charge on any atom is 0.215 e. The highest BCUT2D eigenvalue weighted by molar-refractivity contribution is 7.99. The number of hydrogen-bond donors (Lipinski definition) is 2. The van der Waals surface area contributed by atoms with Gasteiger partial charge in [-0.3, -0.25) is 4.99 Å². The summed E-state index contributed by atoms with van der Waals surface area (Å²) in [5.74, 6) is 2.49. The summed E-state index contributed by atoms with van der Waals surface area (Å²) in [5.41, 5.74) is 0. The average Bonchev–Trinajstić information content (AvgIpc) is 2.52. The van der Waals surface area contributed by atoms with E-state index >= 15 is 0 Å². The molecule has 22 heavy (non-hydrogen) atoms. The third-order valence-corrected chi connectivity index (χ3v) is 5.88. The fraction of sp³-hybridized carbons (Fsp3) is 0.923. The minimum atomic E-state index is -3.17. The summed E-state index contributed by atoms with van der Waals surface area (Å²) in [6.07, 6.45) is 0. The number of ether oxygens (including phenoxy) is 1. The Morgan fingerprint density at radius 3 is 2.64 bits per heavy atom. The van der Waals surface area contributed by atoms with Gasteiger partial charge in [-0.15, -0.1) is 0 Å². The Hall–Kier alpha value is -0.510. The highest BCUT2D eigenvalue weighted by Gasteiger charge is 2.23. The van der Waals surface area contributed by atoms with Gasteiger partial charge >= 0.3 is 0 Å². The molecule has 0 aliphatic carbocycles. The highest BCUT2D eigenvalue weighted by atomic mass is 32.2. The van der Waals surface area contributed by atoms with Crippen LogP contribution in [0.1, 0.15) is 13.8 Å². The van der Waals surface area contributed by atoms with Gasteiger partial charge in [0.1, 0.15) is 0 Å². The molecule has 1 aliphatic heterocycles. The van der Waals surface area contributed by atoms with Gasteiger partial charge in [0.05, 0.1) is 18.9 Å². The van der Waals surface area contributed by atoms with E-state index < -0.39 is 10.0 Å². The zero-order chi connectivity index (χ0) is 16.3. The smallest absolute Gasteiger partial charge is 0.215 e. The molecule has 2 N–H and O–H groups in total. The number of aliphatic imine (C=N–C) groups is 1. The van der Waals surface area contributed by atoms with Crippen molar-refractivity contribution in [2.45, 2.75) is 13.8 Å². The van der Waals surface area contributed by atoms with Crippen LogP contribution in [0.4, 0.5) is 0 Å². The van der Waals surface area contributed by atoms with E-state index in [0.29, 0.717) is 45.4 Å². The molecule has 0 unspecified atom stereocenters. The summed E-state index contributed by atoms with van der Waals surface area (Å²) in [7, 11) is -3.17. The zero-order valence-electron chi connectivity index (χ0n) is 13.5. The first-order chi connectivity index (χ1) is 10.6. The molecule has 1 aliphatic rings.